The van der Waals surface area contributed by atoms with Gasteiger partial charge in [-0.2, -0.15) is 0 Å². The Hall–Kier alpha value is -0.420. The van der Waals surface area contributed by atoms with Gasteiger partial charge in [0.05, 0.1) is 34.2 Å². The van der Waals surface area contributed by atoms with E-state index in [0.717, 1.165) is 0 Å². The molecule has 0 aliphatic carbocycles. The Morgan fingerprint density at radius 2 is 1.85 bits per heavy atom. The fraction of sp³-hybridized carbons (Fsp3) is 0.833. The molecule has 0 aromatic carbocycles. The van der Waals surface area contributed by atoms with Crippen LogP contribution in [-0.2, 0) is 4.57 Å². The summed E-state index contributed by atoms with van der Waals surface area (Å²) in [5, 5.41) is 2.16. The molecule has 0 fully saturated rings. The van der Waals surface area contributed by atoms with E-state index in [1.807, 2.05) is 21.1 Å². The summed E-state index contributed by atoms with van der Waals surface area (Å²) >= 11 is 0. The Morgan fingerprint density at radius 3 is 2.15 bits per heavy atom. The molecule has 0 heterocycles. The third kappa shape index (κ3) is 6.72. The molecule has 0 bridgehead atoms. The highest BCUT2D eigenvalue weighted by atomic mass is 31.2. The molecule has 0 aliphatic heterocycles. The Morgan fingerprint density at radius 1 is 1.38 bits per heavy atom. The predicted molar refractivity (Wildman–Crippen MR) is 48.3 cm³/mol. The molecular formula is C6H16N2O4P+. The molecule has 0 aliphatic rings. The Labute approximate surface area is 77.3 Å². The molecular weight excluding hydrogens is 195 g/mol. The standard InChI is InChI=1S/C6H15N2O4P/c1-8(2,3)5-4-7-6(9)13(10,11)12/h4-5H2,1-3H3,(H2-,7,9,10,11,12)/p+1. The van der Waals surface area contributed by atoms with E-state index in [9.17, 15) is 9.36 Å². The number of hydrogen-bond acceptors (Lipinski definition) is 2. The molecule has 0 atom stereocenters. The first kappa shape index (κ1) is 12.6. The zero-order chi connectivity index (χ0) is 10.7. The van der Waals surface area contributed by atoms with Crippen LogP contribution in [0.1, 0.15) is 0 Å². The average molecular weight is 211 g/mol. The van der Waals surface area contributed by atoms with Crippen LogP contribution in [0.25, 0.3) is 0 Å². The molecule has 3 N–H and O–H groups in total. The van der Waals surface area contributed by atoms with E-state index in [1.54, 1.807) is 0 Å². The predicted octanol–water partition coefficient (Wildman–Crippen LogP) is -0.420. The van der Waals surface area contributed by atoms with Gasteiger partial charge in [0.2, 0.25) is 0 Å². The summed E-state index contributed by atoms with van der Waals surface area (Å²) in [5.41, 5.74) is -1.21. The number of quaternary nitrogens is 1. The van der Waals surface area contributed by atoms with Crippen molar-refractivity contribution in [2.75, 3.05) is 34.2 Å². The molecule has 0 spiro atoms. The summed E-state index contributed by atoms with van der Waals surface area (Å²) < 4.78 is 11.0. The summed E-state index contributed by atoms with van der Waals surface area (Å²) in [6.45, 7) is 0.874. The minimum absolute atomic E-state index is 0.257. The number of rotatable bonds is 4. The lowest BCUT2D eigenvalue weighted by Gasteiger charge is -2.23. The summed E-state index contributed by atoms with van der Waals surface area (Å²) in [6.07, 6.45) is 0. The first-order chi connectivity index (χ1) is 5.63. The number of nitrogens with one attached hydrogen (secondary N) is 1. The van der Waals surface area contributed by atoms with Crippen molar-refractivity contribution >= 4 is 13.2 Å². The fourth-order valence-corrected chi connectivity index (χ4v) is 0.919. The molecule has 0 rings (SSSR count). The van der Waals surface area contributed by atoms with Crippen molar-refractivity contribution in [3.05, 3.63) is 0 Å². The maximum absolute atomic E-state index is 10.7. The van der Waals surface area contributed by atoms with Crippen LogP contribution in [0.2, 0.25) is 0 Å². The second kappa shape index (κ2) is 4.19. The molecule has 0 saturated carbocycles. The minimum Gasteiger partial charge on any atom is -0.340 e. The average Bonchev–Trinajstić information content (AvgIpc) is 1.82. The second-order valence-corrected chi connectivity index (χ2v) is 5.28. The van der Waals surface area contributed by atoms with Gasteiger partial charge in [-0.15, -0.1) is 0 Å². The zero-order valence-corrected chi connectivity index (χ0v) is 8.91. The lowest BCUT2D eigenvalue weighted by molar-refractivity contribution is -0.869. The molecule has 0 unspecified atom stereocenters. The zero-order valence-electron chi connectivity index (χ0n) is 8.02. The number of nitrogens with zero attached hydrogens (tertiary/aromatic N) is 1. The van der Waals surface area contributed by atoms with Crippen LogP contribution in [0, 0.1) is 0 Å². The summed E-state index contributed by atoms with van der Waals surface area (Å²) in [5.74, 6) is 0. The second-order valence-electron chi connectivity index (χ2n) is 3.79. The first-order valence-corrected chi connectivity index (χ1v) is 5.38. The van der Waals surface area contributed by atoms with Gasteiger partial charge in [-0.1, -0.05) is 0 Å². The number of likely N-dealkylation sites (N-methyl/N-ethyl adjacent to an activating group) is 1. The van der Waals surface area contributed by atoms with Crippen molar-refractivity contribution < 1.29 is 23.6 Å². The molecule has 78 valence electrons. The summed E-state index contributed by atoms with van der Waals surface area (Å²) in [6, 6.07) is 0. The fourth-order valence-electron chi connectivity index (χ4n) is 0.601. The van der Waals surface area contributed by atoms with Crippen molar-refractivity contribution in [2.45, 2.75) is 0 Å². The van der Waals surface area contributed by atoms with Gasteiger partial charge < -0.3 is 19.6 Å². The van der Waals surface area contributed by atoms with Gasteiger partial charge in [-0.25, -0.2) is 4.57 Å². The molecule has 0 radical (unpaired) electrons. The number of hydrogen-bond donors (Lipinski definition) is 3. The van der Waals surface area contributed by atoms with Crippen LogP contribution in [0.5, 0.6) is 0 Å². The number of amides is 1. The lowest BCUT2D eigenvalue weighted by Crippen LogP contribution is -2.41. The molecule has 1 amide bonds. The first-order valence-electron chi connectivity index (χ1n) is 3.77. The summed E-state index contributed by atoms with van der Waals surface area (Å²) in [4.78, 5) is 27.5. The van der Waals surface area contributed by atoms with Gasteiger partial charge in [0, 0.05) is 0 Å². The minimum atomic E-state index is -4.60. The van der Waals surface area contributed by atoms with Crippen LogP contribution < -0.4 is 5.32 Å². The molecule has 0 aromatic heterocycles. The van der Waals surface area contributed by atoms with Crippen molar-refractivity contribution in [3.8, 4) is 0 Å². The SMILES string of the molecule is C[N+](C)(C)CCNC(=O)P(=O)(O)O. The number of carbonyl (C=O) groups excluding carboxylic acids is 1. The van der Waals surface area contributed by atoms with Crippen molar-refractivity contribution in [3.63, 3.8) is 0 Å². The largest absolute Gasteiger partial charge is 0.413 e. The molecule has 13 heavy (non-hydrogen) atoms. The van der Waals surface area contributed by atoms with Crippen LogP contribution in [0.15, 0.2) is 0 Å². The Balaban J connectivity index is 3.81. The molecule has 0 aromatic rings. The quantitative estimate of drug-likeness (QED) is 0.435. The van der Waals surface area contributed by atoms with E-state index in [4.69, 9.17) is 9.79 Å². The van der Waals surface area contributed by atoms with E-state index in [-0.39, 0.29) is 6.54 Å². The van der Waals surface area contributed by atoms with Crippen LogP contribution >= 0.6 is 7.60 Å². The lowest BCUT2D eigenvalue weighted by atomic mass is 10.5. The van der Waals surface area contributed by atoms with Gasteiger partial charge in [-0.05, 0) is 0 Å². The van der Waals surface area contributed by atoms with E-state index in [0.29, 0.717) is 11.0 Å². The topological polar surface area (TPSA) is 86.6 Å². The van der Waals surface area contributed by atoms with E-state index >= 15 is 0 Å². The van der Waals surface area contributed by atoms with Gasteiger partial charge >= 0.3 is 13.2 Å². The van der Waals surface area contributed by atoms with Gasteiger partial charge in [0.25, 0.3) is 0 Å². The highest BCUT2D eigenvalue weighted by molar-refractivity contribution is 7.69. The highest BCUT2D eigenvalue weighted by Gasteiger charge is 2.25. The van der Waals surface area contributed by atoms with Crippen LogP contribution in [0.4, 0.5) is 4.79 Å². The third-order valence-corrected chi connectivity index (χ3v) is 2.01. The number of carbonyl (C=O) groups is 1. The molecule has 6 nitrogen and oxygen atoms in total. The Kier molecular flexibility index (Phi) is 4.06. The van der Waals surface area contributed by atoms with Crippen molar-refractivity contribution in [2.24, 2.45) is 0 Å². The monoisotopic (exact) mass is 211 g/mol. The maximum atomic E-state index is 10.7. The molecule has 7 heteroatoms. The third-order valence-electron chi connectivity index (χ3n) is 1.32. The highest BCUT2D eigenvalue weighted by Crippen LogP contribution is 2.34. The van der Waals surface area contributed by atoms with Gasteiger partial charge in [0.1, 0.15) is 0 Å². The van der Waals surface area contributed by atoms with E-state index < -0.39 is 13.2 Å². The maximum Gasteiger partial charge on any atom is 0.413 e. The Bertz CT molecular complexity index is 229. The van der Waals surface area contributed by atoms with E-state index in [2.05, 4.69) is 5.32 Å². The van der Waals surface area contributed by atoms with Gasteiger partial charge in [0.15, 0.2) is 0 Å². The van der Waals surface area contributed by atoms with E-state index in [1.165, 1.54) is 0 Å². The van der Waals surface area contributed by atoms with Crippen molar-refractivity contribution in [1.29, 1.82) is 0 Å². The smallest absolute Gasteiger partial charge is 0.340 e. The normalized spacial score (nSPS) is 12.7. The van der Waals surface area contributed by atoms with Crippen LogP contribution in [-0.4, -0.2) is 54.2 Å². The summed E-state index contributed by atoms with van der Waals surface area (Å²) in [7, 11) is 1.17. The van der Waals surface area contributed by atoms with Crippen molar-refractivity contribution in [1.82, 2.24) is 5.32 Å². The van der Waals surface area contributed by atoms with Gasteiger partial charge in [-0.3, -0.25) is 4.79 Å². The van der Waals surface area contributed by atoms with Crippen LogP contribution in [0.3, 0.4) is 0 Å². The molecule has 0 saturated heterocycles.